The van der Waals surface area contributed by atoms with Gasteiger partial charge in [0.1, 0.15) is 11.5 Å². The van der Waals surface area contributed by atoms with Crippen LogP contribution in [0, 0.1) is 6.92 Å². The van der Waals surface area contributed by atoms with Gasteiger partial charge in [0, 0.05) is 17.2 Å². The van der Waals surface area contributed by atoms with Gasteiger partial charge < -0.3 is 19.9 Å². The molecule has 0 radical (unpaired) electrons. The second kappa shape index (κ2) is 7.52. The van der Waals surface area contributed by atoms with E-state index in [0.29, 0.717) is 34.1 Å². The molecule has 0 saturated heterocycles. The first-order chi connectivity index (χ1) is 12.6. The summed E-state index contributed by atoms with van der Waals surface area (Å²) in [6, 6.07) is 15.1. The fourth-order valence-electron chi connectivity index (χ4n) is 2.36. The lowest BCUT2D eigenvalue weighted by Gasteiger charge is -2.10. The molecule has 0 aliphatic carbocycles. The molecule has 0 aliphatic rings. The molecule has 1 aromatic heterocycles. The number of carbonyl (C=O) groups excluding carboxylic acids is 2. The maximum atomic E-state index is 12.5. The number of nitrogens with one attached hydrogen (secondary N) is 2. The summed E-state index contributed by atoms with van der Waals surface area (Å²) in [5.41, 5.74) is 1.23. The van der Waals surface area contributed by atoms with Gasteiger partial charge in [0.25, 0.3) is 11.8 Å². The topological polar surface area (TPSA) is 93.5 Å². The number of amides is 2. The quantitative estimate of drug-likeness (QED) is 0.734. The van der Waals surface area contributed by atoms with Crippen LogP contribution in [0.15, 0.2) is 59.1 Å². The Balaban J connectivity index is 1.75. The van der Waals surface area contributed by atoms with E-state index in [9.17, 15) is 9.59 Å². The predicted molar refractivity (Wildman–Crippen MR) is 96.6 cm³/mol. The molecule has 2 amide bonds. The number of hydrogen-bond donors (Lipinski definition) is 2. The van der Waals surface area contributed by atoms with Crippen LogP contribution in [0.25, 0.3) is 0 Å². The van der Waals surface area contributed by atoms with Crippen molar-refractivity contribution >= 4 is 23.3 Å². The number of ether oxygens (including phenoxy) is 1. The summed E-state index contributed by atoms with van der Waals surface area (Å²) < 4.78 is 10.1. The van der Waals surface area contributed by atoms with E-state index in [1.165, 1.54) is 13.2 Å². The number of anilines is 2. The van der Waals surface area contributed by atoms with Crippen LogP contribution in [0.2, 0.25) is 0 Å². The number of nitrogens with zero attached hydrogens (tertiary/aromatic N) is 1. The van der Waals surface area contributed by atoms with Crippen LogP contribution in [-0.4, -0.2) is 24.1 Å². The summed E-state index contributed by atoms with van der Waals surface area (Å²) in [4.78, 5) is 24.8. The largest absolute Gasteiger partial charge is 0.495 e. The highest BCUT2D eigenvalue weighted by molar-refractivity contribution is 6.08. The Morgan fingerprint density at radius 3 is 2.31 bits per heavy atom. The second-order valence-corrected chi connectivity index (χ2v) is 5.51. The second-order valence-electron chi connectivity index (χ2n) is 5.51. The lowest BCUT2D eigenvalue weighted by atomic mass is 10.1. The third-order valence-corrected chi connectivity index (χ3v) is 3.61. The first-order valence-corrected chi connectivity index (χ1v) is 7.86. The summed E-state index contributed by atoms with van der Waals surface area (Å²) in [5.74, 6) is 0.726. The fourth-order valence-corrected chi connectivity index (χ4v) is 2.36. The summed E-state index contributed by atoms with van der Waals surface area (Å²) in [5, 5.41) is 9.11. The van der Waals surface area contributed by atoms with E-state index in [1.54, 1.807) is 49.4 Å². The summed E-state index contributed by atoms with van der Waals surface area (Å²) in [6.45, 7) is 1.73. The van der Waals surface area contributed by atoms with Crippen molar-refractivity contribution in [1.82, 2.24) is 5.16 Å². The maximum absolute atomic E-state index is 12.5. The number of hydrogen-bond acceptors (Lipinski definition) is 5. The first-order valence-electron chi connectivity index (χ1n) is 7.86. The minimum Gasteiger partial charge on any atom is -0.495 e. The lowest BCUT2D eigenvalue weighted by molar-refractivity contribution is 0.102. The molecule has 0 unspecified atom stereocenters. The number of methoxy groups -OCH3 is 1. The number of aromatic nitrogens is 1. The number of benzene rings is 2. The Bertz CT molecular complexity index is 949. The maximum Gasteiger partial charge on any atom is 0.256 e. The molecule has 1 heterocycles. The molecule has 3 aromatic rings. The smallest absolute Gasteiger partial charge is 0.256 e. The van der Waals surface area contributed by atoms with E-state index in [-0.39, 0.29) is 11.8 Å². The van der Waals surface area contributed by atoms with Crippen LogP contribution in [0.5, 0.6) is 5.75 Å². The van der Waals surface area contributed by atoms with Crippen molar-refractivity contribution in [1.29, 1.82) is 0 Å². The normalized spacial score (nSPS) is 10.2. The fraction of sp³-hybridized carbons (Fsp3) is 0.105. The molecular formula is C19H17N3O4. The summed E-state index contributed by atoms with van der Waals surface area (Å²) in [6.07, 6.45) is 0. The Morgan fingerprint density at radius 2 is 1.65 bits per heavy atom. The van der Waals surface area contributed by atoms with E-state index in [2.05, 4.69) is 15.8 Å². The van der Waals surface area contributed by atoms with Gasteiger partial charge in [-0.25, -0.2) is 0 Å². The zero-order chi connectivity index (χ0) is 18.5. The predicted octanol–water partition coefficient (Wildman–Crippen LogP) is 3.50. The van der Waals surface area contributed by atoms with Gasteiger partial charge >= 0.3 is 0 Å². The van der Waals surface area contributed by atoms with Crippen LogP contribution < -0.4 is 15.4 Å². The average Bonchev–Trinajstić information content (AvgIpc) is 3.07. The molecule has 7 heteroatoms. The van der Waals surface area contributed by atoms with Crippen molar-refractivity contribution < 1.29 is 18.8 Å². The van der Waals surface area contributed by atoms with Gasteiger partial charge in [-0.2, -0.15) is 0 Å². The van der Waals surface area contributed by atoms with Crippen LogP contribution in [-0.2, 0) is 0 Å². The van der Waals surface area contributed by atoms with Gasteiger partial charge in [-0.05, 0) is 37.3 Å². The van der Waals surface area contributed by atoms with Crippen molar-refractivity contribution in [3.8, 4) is 5.75 Å². The van der Waals surface area contributed by atoms with E-state index in [4.69, 9.17) is 9.26 Å². The molecule has 7 nitrogen and oxygen atoms in total. The molecular weight excluding hydrogens is 334 g/mol. The third kappa shape index (κ3) is 3.89. The van der Waals surface area contributed by atoms with Crippen LogP contribution >= 0.6 is 0 Å². The van der Waals surface area contributed by atoms with Crippen molar-refractivity contribution in [3.05, 3.63) is 71.5 Å². The minimum absolute atomic E-state index is 0.316. The van der Waals surface area contributed by atoms with Crippen LogP contribution in [0.1, 0.15) is 26.5 Å². The van der Waals surface area contributed by atoms with E-state index in [0.717, 1.165) is 0 Å². The summed E-state index contributed by atoms with van der Waals surface area (Å²) >= 11 is 0. The number of para-hydroxylation sites is 2. The van der Waals surface area contributed by atoms with Gasteiger partial charge in [0.05, 0.1) is 12.8 Å². The number of aryl methyl sites for hydroxylation is 1. The van der Waals surface area contributed by atoms with Crippen LogP contribution in [0.3, 0.4) is 0 Å². The highest BCUT2D eigenvalue weighted by Gasteiger charge is 2.13. The van der Waals surface area contributed by atoms with E-state index >= 15 is 0 Å². The zero-order valence-electron chi connectivity index (χ0n) is 14.3. The molecule has 0 fully saturated rings. The highest BCUT2D eigenvalue weighted by Crippen LogP contribution is 2.23. The van der Waals surface area contributed by atoms with Crippen molar-refractivity contribution in [2.75, 3.05) is 17.7 Å². The van der Waals surface area contributed by atoms with E-state index in [1.807, 2.05) is 6.07 Å². The van der Waals surface area contributed by atoms with Gasteiger partial charge in [-0.1, -0.05) is 23.4 Å². The molecule has 0 aliphatic heterocycles. The standard InChI is InChI=1S/C19H17N3O4/c1-12-10-17(22-26-12)21-19(24)14-7-5-6-13(11-14)18(23)20-15-8-3-4-9-16(15)25-2/h3-11H,1-2H3,(H,20,23)(H,21,22,24). The third-order valence-electron chi connectivity index (χ3n) is 3.61. The molecule has 0 saturated carbocycles. The van der Waals surface area contributed by atoms with Gasteiger partial charge in [-0.3, -0.25) is 9.59 Å². The van der Waals surface area contributed by atoms with Gasteiger partial charge in [-0.15, -0.1) is 0 Å². The Hall–Kier alpha value is -3.61. The SMILES string of the molecule is COc1ccccc1NC(=O)c1cccc(C(=O)Nc2cc(C)on2)c1. The van der Waals surface area contributed by atoms with E-state index < -0.39 is 0 Å². The molecule has 2 N–H and O–H groups in total. The van der Waals surface area contributed by atoms with Crippen molar-refractivity contribution in [2.45, 2.75) is 6.92 Å². The summed E-state index contributed by atoms with van der Waals surface area (Å²) in [7, 11) is 1.53. The molecule has 0 atom stereocenters. The van der Waals surface area contributed by atoms with Crippen LogP contribution in [0.4, 0.5) is 11.5 Å². The minimum atomic E-state index is -0.384. The average molecular weight is 351 g/mol. The molecule has 132 valence electrons. The highest BCUT2D eigenvalue weighted by atomic mass is 16.5. The lowest BCUT2D eigenvalue weighted by Crippen LogP contribution is -2.16. The molecule has 3 rings (SSSR count). The Morgan fingerprint density at radius 1 is 0.962 bits per heavy atom. The molecule has 26 heavy (non-hydrogen) atoms. The molecule has 2 aromatic carbocycles. The Kier molecular flexibility index (Phi) is 4.98. The van der Waals surface area contributed by atoms with Crippen molar-refractivity contribution in [2.24, 2.45) is 0 Å². The molecule has 0 spiro atoms. The van der Waals surface area contributed by atoms with Crippen molar-refractivity contribution in [3.63, 3.8) is 0 Å². The number of rotatable bonds is 5. The zero-order valence-corrected chi connectivity index (χ0v) is 14.3. The van der Waals surface area contributed by atoms with Gasteiger partial charge in [0.15, 0.2) is 5.82 Å². The Labute approximate surface area is 150 Å². The monoisotopic (exact) mass is 351 g/mol. The first kappa shape index (κ1) is 17.2. The van der Waals surface area contributed by atoms with Gasteiger partial charge in [0.2, 0.25) is 0 Å². The molecule has 0 bridgehead atoms. The number of carbonyl (C=O) groups is 2.